The highest BCUT2D eigenvalue weighted by Crippen LogP contribution is 2.41. The molecule has 6 heteroatoms. The van der Waals surface area contributed by atoms with Crippen LogP contribution in [-0.2, 0) is 4.74 Å². The first kappa shape index (κ1) is 16.6. The van der Waals surface area contributed by atoms with Crippen molar-refractivity contribution < 1.29 is 9.53 Å². The standard InChI is InChI=1S/C21H16BrN3O2/c22-14-5-3-4-13(12-14)18-17-19(15-6-1-2-7-16(15)20(17)26)24-21(23-18)25-8-10-27-11-9-25/h1-7,12H,8-11H2. The van der Waals surface area contributed by atoms with Gasteiger partial charge in [-0.05, 0) is 12.1 Å². The average molecular weight is 422 g/mol. The normalized spacial score (nSPS) is 15.6. The summed E-state index contributed by atoms with van der Waals surface area (Å²) in [5, 5.41) is 0. The van der Waals surface area contributed by atoms with Gasteiger partial charge in [0.2, 0.25) is 5.95 Å². The van der Waals surface area contributed by atoms with Gasteiger partial charge in [0.15, 0.2) is 5.78 Å². The molecule has 0 radical (unpaired) electrons. The van der Waals surface area contributed by atoms with E-state index in [9.17, 15) is 4.79 Å². The van der Waals surface area contributed by atoms with Crippen LogP contribution in [0, 0.1) is 0 Å². The molecule has 0 saturated carbocycles. The molecular formula is C21H16BrN3O2. The topological polar surface area (TPSA) is 55.3 Å². The number of carbonyl (C=O) groups is 1. The van der Waals surface area contributed by atoms with Crippen molar-refractivity contribution in [3.63, 3.8) is 0 Å². The Bertz CT molecular complexity index is 1060. The number of aromatic nitrogens is 2. The number of rotatable bonds is 2. The van der Waals surface area contributed by atoms with Gasteiger partial charge in [-0.1, -0.05) is 52.3 Å². The van der Waals surface area contributed by atoms with E-state index in [-0.39, 0.29) is 5.78 Å². The molecule has 0 bridgehead atoms. The molecule has 1 fully saturated rings. The number of hydrogen-bond donors (Lipinski definition) is 0. The van der Waals surface area contributed by atoms with Crippen LogP contribution in [0.15, 0.2) is 53.0 Å². The minimum atomic E-state index is -0.0101. The molecule has 5 rings (SSSR count). The van der Waals surface area contributed by atoms with Crippen molar-refractivity contribution in [2.75, 3.05) is 31.2 Å². The predicted molar refractivity (Wildman–Crippen MR) is 107 cm³/mol. The van der Waals surface area contributed by atoms with Gasteiger partial charge in [-0.15, -0.1) is 0 Å². The number of hydrogen-bond acceptors (Lipinski definition) is 5. The number of benzene rings is 2. The lowest BCUT2D eigenvalue weighted by Gasteiger charge is -2.27. The number of morpholine rings is 1. The third kappa shape index (κ3) is 2.76. The molecule has 27 heavy (non-hydrogen) atoms. The fourth-order valence-corrected chi connectivity index (χ4v) is 4.03. The van der Waals surface area contributed by atoms with Crippen molar-refractivity contribution in [1.29, 1.82) is 0 Å². The van der Waals surface area contributed by atoms with Gasteiger partial charge in [0.05, 0.1) is 30.2 Å². The molecule has 0 N–H and O–H groups in total. The van der Waals surface area contributed by atoms with Crippen LogP contribution < -0.4 is 4.90 Å². The zero-order valence-electron chi connectivity index (χ0n) is 14.5. The summed E-state index contributed by atoms with van der Waals surface area (Å²) in [4.78, 5) is 24.9. The summed E-state index contributed by atoms with van der Waals surface area (Å²) < 4.78 is 6.41. The van der Waals surface area contributed by atoms with Crippen LogP contribution in [0.4, 0.5) is 5.95 Å². The molecule has 0 atom stereocenters. The molecule has 2 aliphatic rings. The maximum atomic E-state index is 13.1. The highest BCUT2D eigenvalue weighted by molar-refractivity contribution is 9.10. The molecule has 1 aliphatic carbocycles. The number of nitrogens with zero attached hydrogens (tertiary/aromatic N) is 3. The summed E-state index contributed by atoms with van der Waals surface area (Å²) in [5.41, 5.74) is 4.47. The number of ketones is 1. The SMILES string of the molecule is O=C1c2ccccc2-c2nc(N3CCOCC3)nc(-c3cccc(Br)c3)c21. The van der Waals surface area contributed by atoms with E-state index < -0.39 is 0 Å². The first-order valence-electron chi connectivity index (χ1n) is 8.87. The molecular weight excluding hydrogens is 406 g/mol. The van der Waals surface area contributed by atoms with Crippen LogP contribution >= 0.6 is 15.9 Å². The van der Waals surface area contributed by atoms with Gasteiger partial charge < -0.3 is 9.64 Å². The van der Waals surface area contributed by atoms with Crippen LogP contribution in [0.5, 0.6) is 0 Å². The summed E-state index contributed by atoms with van der Waals surface area (Å²) >= 11 is 3.52. The molecule has 1 saturated heterocycles. The van der Waals surface area contributed by atoms with E-state index in [1.807, 2.05) is 48.5 Å². The molecule has 134 valence electrons. The van der Waals surface area contributed by atoms with Crippen molar-refractivity contribution in [3.8, 4) is 22.5 Å². The van der Waals surface area contributed by atoms with Crippen LogP contribution in [0.25, 0.3) is 22.5 Å². The Labute approximate surface area is 165 Å². The van der Waals surface area contributed by atoms with Crippen molar-refractivity contribution in [3.05, 3.63) is 64.1 Å². The Morgan fingerprint density at radius 1 is 0.926 bits per heavy atom. The summed E-state index contributed by atoms with van der Waals surface area (Å²) in [5.74, 6) is 0.639. The van der Waals surface area contributed by atoms with Crippen molar-refractivity contribution >= 4 is 27.7 Å². The number of carbonyl (C=O) groups excluding carboxylic acids is 1. The molecule has 5 nitrogen and oxygen atoms in total. The Balaban J connectivity index is 1.76. The van der Waals surface area contributed by atoms with Gasteiger partial charge in [0.1, 0.15) is 0 Å². The fraction of sp³-hybridized carbons (Fsp3) is 0.190. The molecule has 2 heterocycles. The molecule has 2 aromatic carbocycles. The number of ether oxygens (including phenoxy) is 1. The van der Waals surface area contributed by atoms with Gasteiger partial charge in [-0.2, -0.15) is 0 Å². The number of halogens is 1. The second kappa shape index (κ2) is 6.55. The molecule has 3 aromatic rings. The highest BCUT2D eigenvalue weighted by atomic mass is 79.9. The molecule has 0 amide bonds. The van der Waals surface area contributed by atoms with Gasteiger partial charge in [-0.25, -0.2) is 9.97 Å². The lowest BCUT2D eigenvalue weighted by atomic mass is 10.0. The van der Waals surface area contributed by atoms with Crippen molar-refractivity contribution in [1.82, 2.24) is 9.97 Å². The van der Waals surface area contributed by atoms with E-state index in [0.29, 0.717) is 36.0 Å². The Morgan fingerprint density at radius 3 is 2.44 bits per heavy atom. The minimum absolute atomic E-state index is 0.0101. The second-order valence-electron chi connectivity index (χ2n) is 6.58. The van der Waals surface area contributed by atoms with E-state index in [0.717, 1.165) is 34.4 Å². The maximum Gasteiger partial charge on any atom is 0.226 e. The number of anilines is 1. The quantitative estimate of drug-likeness (QED) is 0.490. The molecule has 1 aromatic heterocycles. The van der Waals surface area contributed by atoms with E-state index in [2.05, 4.69) is 20.8 Å². The van der Waals surface area contributed by atoms with E-state index in [1.54, 1.807) is 0 Å². The largest absolute Gasteiger partial charge is 0.378 e. The minimum Gasteiger partial charge on any atom is -0.378 e. The third-order valence-electron chi connectivity index (χ3n) is 4.94. The first-order chi connectivity index (χ1) is 13.2. The van der Waals surface area contributed by atoms with Crippen molar-refractivity contribution in [2.45, 2.75) is 0 Å². The molecule has 0 unspecified atom stereocenters. The summed E-state index contributed by atoms with van der Waals surface area (Å²) in [7, 11) is 0. The van der Waals surface area contributed by atoms with E-state index >= 15 is 0 Å². The van der Waals surface area contributed by atoms with Crippen molar-refractivity contribution in [2.24, 2.45) is 0 Å². The lowest BCUT2D eigenvalue weighted by molar-refractivity contribution is 0.104. The fourth-order valence-electron chi connectivity index (χ4n) is 3.63. The maximum absolute atomic E-state index is 13.1. The molecule has 0 spiro atoms. The summed E-state index contributed by atoms with van der Waals surface area (Å²) in [6, 6.07) is 15.5. The van der Waals surface area contributed by atoms with Crippen LogP contribution in [0.1, 0.15) is 15.9 Å². The first-order valence-corrected chi connectivity index (χ1v) is 9.66. The van der Waals surface area contributed by atoms with Crippen LogP contribution in [0.3, 0.4) is 0 Å². The van der Waals surface area contributed by atoms with Gasteiger partial charge in [-0.3, -0.25) is 4.79 Å². The third-order valence-corrected chi connectivity index (χ3v) is 5.44. The van der Waals surface area contributed by atoms with Gasteiger partial charge >= 0.3 is 0 Å². The monoisotopic (exact) mass is 421 g/mol. The average Bonchev–Trinajstić information content (AvgIpc) is 3.01. The Kier molecular flexibility index (Phi) is 4.02. The van der Waals surface area contributed by atoms with Gasteiger partial charge in [0.25, 0.3) is 0 Å². The smallest absolute Gasteiger partial charge is 0.226 e. The Hall–Kier alpha value is -2.57. The predicted octanol–water partition coefficient (Wildman–Crippen LogP) is 3.95. The number of fused-ring (bicyclic) bond motifs is 3. The Morgan fingerprint density at radius 2 is 1.67 bits per heavy atom. The molecule has 1 aliphatic heterocycles. The summed E-state index contributed by atoms with van der Waals surface area (Å²) in [6.07, 6.45) is 0. The lowest BCUT2D eigenvalue weighted by Crippen LogP contribution is -2.37. The van der Waals surface area contributed by atoms with Crippen LogP contribution in [-0.4, -0.2) is 42.1 Å². The van der Waals surface area contributed by atoms with Crippen LogP contribution in [0.2, 0.25) is 0 Å². The summed E-state index contributed by atoms with van der Waals surface area (Å²) in [6.45, 7) is 2.79. The second-order valence-corrected chi connectivity index (χ2v) is 7.50. The zero-order chi connectivity index (χ0) is 18.4. The van der Waals surface area contributed by atoms with E-state index in [4.69, 9.17) is 14.7 Å². The zero-order valence-corrected chi connectivity index (χ0v) is 16.1. The highest BCUT2D eigenvalue weighted by Gasteiger charge is 2.33. The van der Waals surface area contributed by atoms with Gasteiger partial charge in [0, 0.05) is 34.3 Å². The van der Waals surface area contributed by atoms with E-state index in [1.165, 1.54) is 0 Å².